The first-order valence-electron chi connectivity index (χ1n) is 20.6. The van der Waals surface area contributed by atoms with Gasteiger partial charge in [0.05, 0.1) is 11.5 Å². The fourth-order valence-corrected chi connectivity index (χ4v) is 14.5. The molecule has 8 atom stereocenters. The highest BCUT2D eigenvalue weighted by Crippen LogP contribution is 2.77. The molecule has 1 heterocycles. The molecule has 6 aliphatic rings. The molecule has 0 bridgehead atoms. The molecule has 0 spiro atoms. The van der Waals surface area contributed by atoms with E-state index in [9.17, 15) is 14.4 Å². The zero-order valence-electron chi connectivity index (χ0n) is 34.4. The number of fused-ring (bicyclic) bond motifs is 7. The average Bonchev–Trinajstić information content (AvgIpc) is 3.20. The van der Waals surface area contributed by atoms with Gasteiger partial charge in [0.1, 0.15) is 11.9 Å². The van der Waals surface area contributed by atoms with Gasteiger partial charge in [-0.05, 0) is 139 Å². The summed E-state index contributed by atoms with van der Waals surface area (Å²) < 4.78 is 6.31. The molecule has 1 aromatic carbocycles. The van der Waals surface area contributed by atoms with Crippen molar-refractivity contribution in [3.63, 3.8) is 0 Å². The summed E-state index contributed by atoms with van der Waals surface area (Å²) >= 11 is 8.03. The topological polar surface area (TPSA) is 72.8 Å². The standard InChI is InChI=1S/C47H62ClNO4S/c1-28(2)39-33(51)26-47(41-49-25-11-12-34(54-41)30-13-15-31(48)16-14-30)24-23-45(9)32(40(39)47)17-18-36-44(8)21-20-37(53-38(52)27-42(4,5)29(3)50)43(6,7)35(44)19-22-46(36,45)10/h11-16,25,28,32,35-37H,17-24,26-27H2,1-10H3/t32?,35-,36+,37-,44-,45+,46+,47?/m0/s1. The minimum absolute atomic E-state index is 0.0149. The van der Waals surface area contributed by atoms with Crippen LogP contribution >= 0.6 is 23.4 Å². The smallest absolute Gasteiger partial charge is 0.307 e. The Hall–Kier alpha value is -2.44. The number of halogens is 1. The maximum atomic E-state index is 14.4. The number of benzene rings is 1. The summed E-state index contributed by atoms with van der Waals surface area (Å²) in [6.45, 7) is 22.1. The van der Waals surface area contributed by atoms with Gasteiger partial charge in [0, 0.05) is 38.8 Å². The Bertz CT molecular complexity index is 1870. The van der Waals surface area contributed by atoms with E-state index >= 15 is 0 Å². The summed E-state index contributed by atoms with van der Waals surface area (Å²) in [6.07, 6.45) is 15.0. The van der Waals surface area contributed by atoms with E-state index in [1.165, 1.54) is 5.57 Å². The average molecular weight is 773 g/mol. The minimum atomic E-state index is -0.717. The van der Waals surface area contributed by atoms with Crippen LogP contribution in [-0.4, -0.2) is 28.7 Å². The molecule has 0 radical (unpaired) electrons. The lowest BCUT2D eigenvalue weighted by Crippen LogP contribution is -2.66. The van der Waals surface area contributed by atoms with E-state index in [0.717, 1.165) is 77.5 Å². The Kier molecular flexibility index (Phi) is 10.0. The molecule has 1 aromatic rings. The van der Waals surface area contributed by atoms with Gasteiger partial charge in [0.15, 0.2) is 5.78 Å². The molecule has 4 saturated carbocycles. The van der Waals surface area contributed by atoms with Crippen molar-refractivity contribution < 1.29 is 19.1 Å². The van der Waals surface area contributed by atoms with Crippen LogP contribution in [0.2, 0.25) is 5.02 Å². The number of nitrogens with zero attached hydrogens (tertiary/aromatic N) is 1. The number of rotatable bonds is 7. The fraction of sp³-hybridized carbons (Fsp3) is 0.660. The van der Waals surface area contributed by atoms with Crippen molar-refractivity contribution in [2.24, 2.45) is 61.2 Å². The van der Waals surface area contributed by atoms with Crippen LogP contribution in [0.4, 0.5) is 0 Å². The lowest BCUT2D eigenvalue weighted by Gasteiger charge is -2.72. The van der Waals surface area contributed by atoms with Crippen molar-refractivity contribution in [2.45, 2.75) is 140 Å². The van der Waals surface area contributed by atoms with Gasteiger partial charge < -0.3 is 4.74 Å². The van der Waals surface area contributed by atoms with Gasteiger partial charge in [-0.15, -0.1) is 0 Å². The molecule has 7 heteroatoms. The van der Waals surface area contributed by atoms with Gasteiger partial charge in [-0.25, -0.2) is 0 Å². The van der Waals surface area contributed by atoms with Gasteiger partial charge in [-0.3, -0.25) is 19.4 Å². The number of ketones is 2. The number of allylic oxidation sites excluding steroid dienone is 4. The number of hydrogen-bond acceptors (Lipinski definition) is 6. The number of Topliss-reactive ketones (excluding diaryl/α,β-unsaturated/α-hetero) is 2. The third-order valence-electron chi connectivity index (χ3n) is 16.5. The number of aliphatic imine (C=N–C) groups is 1. The fourth-order valence-electron chi connectivity index (χ4n) is 13.1. The van der Waals surface area contributed by atoms with Crippen molar-refractivity contribution in [3.8, 4) is 0 Å². The lowest BCUT2D eigenvalue weighted by molar-refractivity contribution is -0.232. The van der Waals surface area contributed by atoms with Crippen LogP contribution in [0.15, 0.2) is 58.8 Å². The first-order valence-corrected chi connectivity index (χ1v) is 21.8. The molecule has 0 saturated heterocycles. The molecule has 5 aliphatic carbocycles. The second kappa shape index (κ2) is 13.6. The maximum Gasteiger partial charge on any atom is 0.307 e. The predicted octanol–water partition coefficient (Wildman–Crippen LogP) is 12.2. The van der Waals surface area contributed by atoms with Crippen LogP contribution in [0.25, 0.3) is 4.91 Å². The summed E-state index contributed by atoms with van der Waals surface area (Å²) in [6, 6.07) is 8.05. The summed E-state index contributed by atoms with van der Waals surface area (Å²) in [5, 5.41) is 1.79. The summed E-state index contributed by atoms with van der Waals surface area (Å²) in [5.41, 5.74) is 2.61. The second-order valence-corrected chi connectivity index (χ2v) is 21.6. The summed E-state index contributed by atoms with van der Waals surface area (Å²) in [5.74, 6) is 1.54. The Morgan fingerprint density at radius 2 is 1.65 bits per heavy atom. The van der Waals surface area contributed by atoms with Crippen LogP contribution in [0, 0.1) is 56.2 Å². The number of ether oxygens (including phenoxy) is 1. The number of carbonyl (C=O) groups excluding carboxylic acids is 3. The maximum absolute atomic E-state index is 14.4. The van der Waals surface area contributed by atoms with E-state index in [0.29, 0.717) is 30.0 Å². The molecule has 292 valence electrons. The Morgan fingerprint density at radius 3 is 2.31 bits per heavy atom. The molecule has 4 fully saturated rings. The molecule has 0 N–H and O–H groups in total. The number of hydrogen-bond donors (Lipinski definition) is 0. The van der Waals surface area contributed by atoms with E-state index in [2.05, 4.69) is 66.7 Å². The van der Waals surface area contributed by atoms with E-state index in [-0.39, 0.29) is 57.3 Å². The number of esters is 1. The molecule has 0 amide bonds. The van der Waals surface area contributed by atoms with Crippen molar-refractivity contribution in [1.82, 2.24) is 0 Å². The normalized spacial score (nSPS) is 37.4. The van der Waals surface area contributed by atoms with Gasteiger partial charge >= 0.3 is 5.97 Å². The van der Waals surface area contributed by atoms with Crippen molar-refractivity contribution in [3.05, 3.63) is 64.3 Å². The molecule has 2 unspecified atom stereocenters. The van der Waals surface area contributed by atoms with Crippen molar-refractivity contribution in [1.29, 1.82) is 0 Å². The third kappa shape index (κ3) is 6.00. The van der Waals surface area contributed by atoms with Gasteiger partial charge in [-0.1, -0.05) is 97.8 Å². The second-order valence-electron chi connectivity index (χ2n) is 20.1. The van der Waals surface area contributed by atoms with E-state index < -0.39 is 5.41 Å². The first kappa shape index (κ1) is 39.8. The highest BCUT2D eigenvalue weighted by Gasteiger charge is 2.70. The highest BCUT2D eigenvalue weighted by molar-refractivity contribution is 8.21. The number of thioether (sulfide) groups is 1. The molecular formula is C47H62ClNO4S. The van der Waals surface area contributed by atoms with Gasteiger partial charge in [-0.2, -0.15) is 0 Å². The van der Waals surface area contributed by atoms with Crippen LogP contribution in [0.5, 0.6) is 0 Å². The van der Waals surface area contributed by atoms with E-state index in [4.69, 9.17) is 21.3 Å². The Balaban J connectivity index is 1.20. The quantitative estimate of drug-likeness (QED) is 0.258. The minimum Gasteiger partial charge on any atom is -0.462 e. The van der Waals surface area contributed by atoms with Crippen molar-refractivity contribution >= 4 is 50.8 Å². The Labute approximate surface area is 333 Å². The highest BCUT2D eigenvalue weighted by atomic mass is 35.5. The van der Waals surface area contributed by atoms with E-state index in [1.807, 2.05) is 38.3 Å². The third-order valence-corrected chi connectivity index (χ3v) is 18.0. The monoisotopic (exact) mass is 771 g/mol. The zero-order valence-corrected chi connectivity index (χ0v) is 35.9. The SMILES string of the molecule is CC(=O)C(C)(C)CC(=O)O[C@H]1CC[C@]2(C)[C@H]3CCC4C5=C(C(C)C)C(=O)CC5(C5=NC=CC=C(c6ccc(Cl)cc6)S5)CC[C@@]4(C)[C@]3(C)CC[C@H]2C1(C)C. The number of carbonyl (C=O) groups is 3. The lowest BCUT2D eigenvalue weighted by atomic mass is 9.33. The van der Waals surface area contributed by atoms with Crippen LogP contribution in [0.1, 0.15) is 139 Å². The van der Waals surface area contributed by atoms with E-state index in [1.54, 1.807) is 18.7 Å². The molecule has 7 rings (SSSR count). The largest absolute Gasteiger partial charge is 0.462 e. The van der Waals surface area contributed by atoms with Crippen molar-refractivity contribution in [2.75, 3.05) is 0 Å². The molecule has 0 aromatic heterocycles. The summed E-state index contributed by atoms with van der Waals surface area (Å²) in [4.78, 5) is 46.1. The van der Waals surface area contributed by atoms with Gasteiger partial charge in [0.25, 0.3) is 0 Å². The van der Waals surface area contributed by atoms with Gasteiger partial charge in [0.2, 0.25) is 0 Å². The van der Waals surface area contributed by atoms with Crippen LogP contribution in [-0.2, 0) is 19.1 Å². The molecular weight excluding hydrogens is 710 g/mol. The first-order chi connectivity index (χ1) is 25.2. The summed E-state index contributed by atoms with van der Waals surface area (Å²) in [7, 11) is 0. The van der Waals surface area contributed by atoms with Crippen LogP contribution in [0.3, 0.4) is 0 Å². The molecule has 5 nitrogen and oxygen atoms in total. The molecule has 1 aliphatic heterocycles. The zero-order chi connectivity index (χ0) is 39.2. The molecule has 54 heavy (non-hydrogen) atoms. The van der Waals surface area contributed by atoms with Crippen LogP contribution < -0.4 is 0 Å². The predicted molar refractivity (Wildman–Crippen MR) is 222 cm³/mol. The Morgan fingerprint density at radius 1 is 0.944 bits per heavy atom.